The van der Waals surface area contributed by atoms with Crippen LogP contribution in [0.25, 0.3) is 0 Å². The maximum atomic E-state index is 11.8. The van der Waals surface area contributed by atoms with Crippen LogP contribution in [0, 0.1) is 5.92 Å². The third kappa shape index (κ3) is 3.19. The van der Waals surface area contributed by atoms with Crippen LogP contribution in [0.15, 0.2) is 18.2 Å². The van der Waals surface area contributed by atoms with Gasteiger partial charge in [0.15, 0.2) is 0 Å². The van der Waals surface area contributed by atoms with E-state index in [2.05, 4.69) is 10.2 Å². The van der Waals surface area contributed by atoms with Crippen molar-refractivity contribution in [3.63, 3.8) is 0 Å². The number of benzene rings is 1. The van der Waals surface area contributed by atoms with Crippen molar-refractivity contribution < 1.29 is 4.79 Å². The highest BCUT2D eigenvalue weighted by Crippen LogP contribution is 2.30. The molecule has 1 aliphatic carbocycles. The number of hydrogen-bond donors (Lipinski definition) is 2. The maximum absolute atomic E-state index is 11.8. The fourth-order valence-electron chi connectivity index (χ4n) is 2.44. The fraction of sp³-hybridized carbons (Fsp3) is 0.533. The first kappa shape index (κ1) is 13.7. The van der Waals surface area contributed by atoms with Gasteiger partial charge in [0, 0.05) is 25.7 Å². The van der Waals surface area contributed by atoms with Crippen LogP contribution in [0.5, 0.6) is 0 Å². The Morgan fingerprint density at radius 1 is 1.47 bits per heavy atom. The molecule has 0 unspecified atom stereocenters. The second-order valence-electron chi connectivity index (χ2n) is 5.31. The predicted molar refractivity (Wildman–Crippen MR) is 79.5 cm³/mol. The summed E-state index contributed by atoms with van der Waals surface area (Å²) in [5.74, 6) is 0.735. The zero-order valence-corrected chi connectivity index (χ0v) is 11.8. The molecule has 0 saturated heterocycles. The molecular weight excluding hydrogens is 238 g/mol. The highest BCUT2D eigenvalue weighted by atomic mass is 16.1. The van der Waals surface area contributed by atoms with Gasteiger partial charge in [-0.05, 0) is 43.9 Å². The molecule has 0 aromatic heterocycles. The maximum Gasteiger partial charge on any atom is 0.251 e. The van der Waals surface area contributed by atoms with E-state index in [0.29, 0.717) is 12.1 Å². The molecule has 104 valence electrons. The number of rotatable bonds is 5. The number of amides is 1. The minimum absolute atomic E-state index is 0.0409. The molecular formula is C15H23N3O. The van der Waals surface area contributed by atoms with Gasteiger partial charge in [-0.15, -0.1) is 0 Å². The lowest BCUT2D eigenvalue weighted by molar-refractivity contribution is 0.0956. The Kier molecular flexibility index (Phi) is 4.30. The first-order chi connectivity index (χ1) is 9.11. The van der Waals surface area contributed by atoms with Gasteiger partial charge in [0.25, 0.3) is 5.91 Å². The first-order valence-corrected chi connectivity index (χ1v) is 7.00. The molecule has 0 aliphatic heterocycles. The summed E-state index contributed by atoms with van der Waals surface area (Å²) >= 11 is 0. The average molecular weight is 261 g/mol. The van der Waals surface area contributed by atoms with Crippen molar-refractivity contribution in [3.05, 3.63) is 23.8 Å². The molecule has 3 N–H and O–H groups in total. The van der Waals surface area contributed by atoms with Crippen LogP contribution >= 0.6 is 0 Å². The van der Waals surface area contributed by atoms with Gasteiger partial charge in [-0.3, -0.25) is 4.79 Å². The Bertz CT molecular complexity index is 455. The number of nitrogens with zero attached hydrogens (tertiary/aromatic N) is 1. The van der Waals surface area contributed by atoms with Gasteiger partial charge in [0.2, 0.25) is 0 Å². The predicted octanol–water partition coefficient (Wildman–Crippen LogP) is 2.25. The fourth-order valence-corrected chi connectivity index (χ4v) is 2.44. The molecule has 4 heteroatoms. The largest absolute Gasteiger partial charge is 0.397 e. The van der Waals surface area contributed by atoms with Crippen molar-refractivity contribution in [1.82, 2.24) is 5.32 Å². The number of nitrogens with two attached hydrogens (primary N) is 1. The number of carbonyl (C=O) groups is 1. The second-order valence-corrected chi connectivity index (χ2v) is 5.31. The summed E-state index contributed by atoms with van der Waals surface area (Å²) in [5.41, 5.74) is 8.38. The summed E-state index contributed by atoms with van der Waals surface area (Å²) in [6.07, 6.45) is 3.95. The molecule has 1 aromatic rings. The SMILES string of the molecule is CCNC(=O)c1ccc(N)c(N(C)CC2CCC2)c1. The van der Waals surface area contributed by atoms with Crippen LogP contribution in [0.1, 0.15) is 36.5 Å². The Morgan fingerprint density at radius 2 is 2.21 bits per heavy atom. The van der Waals surface area contributed by atoms with Crippen LogP contribution in [0.3, 0.4) is 0 Å². The average Bonchev–Trinajstić information content (AvgIpc) is 2.34. The quantitative estimate of drug-likeness (QED) is 0.799. The van der Waals surface area contributed by atoms with Gasteiger partial charge < -0.3 is 16.0 Å². The minimum Gasteiger partial charge on any atom is -0.397 e. The summed E-state index contributed by atoms with van der Waals surface area (Å²) < 4.78 is 0. The van der Waals surface area contributed by atoms with Gasteiger partial charge in [-0.1, -0.05) is 6.42 Å². The Labute approximate surface area is 115 Å². The van der Waals surface area contributed by atoms with Crippen molar-refractivity contribution in [3.8, 4) is 0 Å². The van der Waals surface area contributed by atoms with E-state index in [-0.39, 0.29) is 5.91 Å². The van der Waals surface area contributed by atoms with Gasteiger partial charge in [-0.25, -0.2) is 0 Å². The van der Waals surface area contributed by atoms with Gasteiger partial charge in [-0.2, -0.15) is 0 Å². The Hall–Kier alpha value is -1.71. The molecule has 0 spiro atoms. The highest BCUT2D eigenvalue weighted by molar-refractivity contribution is 5.96. The molecule has 0 bridgehead atoms. The van der Waals surface area contributed by atoms with Crippen molar-refractivity contribution in [2.24, 2.45) is 5.92 Å². The molecule has 19 heavy (non-hydrogen) atoms. The van der Waals surface area contributed by atoms with E-state index in [1.54, 1.807) is 6.07 Å². The third-order valence-corrected chi connectivity index (χ3v) is 3.80. The molecule has 4 nitrogen and oxygen atoms in total. The summed E-state index contributed by atoms with van der Waals surface area (Å²) in [7, 11) is 2.05. The lowest BCUT2D eigenvalue weighted by Crippen LogP contribution is -2.30. The van der Waals surface area contributed by atoms with E-state index in [9.17, 15) is 4.79 Å². The van der Waals surface area contributed by atoms with Gasteiger partial charge in [0.1, 0.15) is 0 Å². The Balaban J connectivity index is 2.13. The highest BCUT2D eigenvalue weighted by Gasteiger charge is 2.20. The van der Waals surface area contributed by atoms with Crippen LogP contribution in [-0.4, -0.2) is 26.0 Å². The standard InChI is InChI=1S/C15H23N3O/c1-3-17-15(19)12-7-8-13(16)14(9-12)18(2)10-11-5-4-6-11/h7-9,11H,3-6,10,16H2,1-2H3,(H,17,19). The number of nitrogens with one attached hydrogen (secondary N) is 1. The summed E-state index contributed by atoms with van der Waals surface area (Å²) in [6.45, 7) is 3.57. The number of nitrogen functional groups attached to an aromatic ring is 1. The second kappa shape index (κ2) is 5.95. The van der Waals surface area contributed by atoms with Crippen molar-refractivity contribution in [2.75, 3.05) is 30.8 Å². The van der Waals surface area contributed by atoms with E-state index < -0.39 is 0 Å². The molecule has 2 rings (SSSR count). The van der Waals surface area contributed by atoms with Crippen molar-refractivity contribution >= 4 is 17.3 Å². The Morgan fingerprint density at radius 3 is 2.79 bits per heavy atom. The third-order valence-electron chi connectivity index (χ3n) is 3.80. The molecule has 1 amide bonds. The lowest BCUT2D eigenvalue weighted by Gasteiger charge is -2.32. The normalized spacial score (nSPS) is 14.8. The summed E-state index contributed by atoms with van der Waals surface area (Å²) in [5, 5.41) is 2.81. The summed E-state index contributed by atoms with van der Waals surface area (Å²) in [6, 6.07) is 5.48. The van der Waals surface area contributed by atoms with E-state index in [1.807, 2.05) is 26.1 Å². The van der Waals surface area contributed by atoms with Crippen LogP contribution in [-0.2, 0) is 0 Å². The zero-order valence-electron chi connectivity index (χ0n) is 11.8. The molecule has 1 aliphatic rings. The van der Waals surface area contributed by atoms with Crippen LogP contribution < -0.4 is 16.0 Å². The topological polar surface area (TPSA) is 58.4 Å². The molecule has 1 aromatic carbocycles. The van der Waals surface area contributed by atoms with Crippen LogP contribution in [0.4, 0.5) is 11.4 Å². The van der Waals surface area contributed by atoms with Crippen LogP contribution in [0.2, 0.25) is 0 Å². The van der Waals surface area contributed by atoms with E-state index in [4.69, 9.17) is 5.73 Å². The number of hydrogen-bond acceptors (Lipinski definition) is 3. The molecule has 0 radical (unpaired) electrons. The lowest BCUT2D eigenvalue weighted by atomic mass is 9.85. The molecule has 0 heterocycles. The van der Waals surface area contributed by atoms with Gasteiger partial charge >= 0.3 is 0 Å². The number of anilines is 2. The molecule has 1 saturated carbocycles. The summed E-state index contributed by atoms with van der Waals surface area (Å²) in [4.78, 5) is 14.0. The first-order valence-electron chi connectivity index (χ1n) is 7.00. The minimum atomic E-state index is -0.0409. The monoisotopic (exact) mass is 261 g/mol. The van der Waals surface area contributed by atoms with Crippen molar-refractivity contribution in [2.45, 2.75) is 26.2 Å². The molecule has 1 fully saturated rings. The zero-order chi connectivity index (χ0) is 13.8. The van der Waals surface area contributed by atoms with Gasteiger partial charge in [0.05, 0.1) is 11.4 Å². The van der Waals surface area contributed by atoms with E-state index in [1.165, 1.54) is 19.3 Å². The molecule has 0 atom stereocenters. The number of carbonyl (C=O) groups excluding carboxylic acids is 1. The van der Waals surface area contributed by atoms with E-state index >= 15 is 0 Å². The van der Waals surface area contributed by atoms with E-state index in [0.717, 1.165) is 23.8 Å². The smallest absolute Gasteiger partial charge is 0.251 e. The van der Waals surface area contributed by atoms with Crippen molar-refractivity contribution in [1.29, 1.82) is 0 Å².